The van der Waals surface area contributed by atoms with Crippen LogP contribution < -0.4 is 5.73 Å². The van der Waals surface area contributed by atoms with E-state index in [1.54, 1.807) is 6.07 Å². The Morgan fingerprint density at radius 3 is 2.12 bits per heavy atom. The van der Waals surface area contributed by atoms with Crippen molar-refractivity contribution >= 4 is 0 Å². The Hall–Kier alpha value is -0.970. The van der Waals surface area contributed by atoms with Gasteiger partial charge in [0, 0.05) is 5.69 Å². The summed E-state index contributed by atoms with van der Waals surface area (Å²) in [6.07, 6.45) is 13.3. The lowest BCUT2D eigenvalue weighted by Crippen LogP contribution is -2.32. The second-order valence-corrected chi connectivity index (χ2v) is 6.78. The van der Waals surface area contributed by atoms with Crippen molar-refractivity contribution in [3.05, 3.63) is 29.6 Å². The van der Waals surface area contributed by atoms with Gasteiger partial charge in [-0.3, -0.25) is 4.98 Å². The number of aromatic nitrogens is 1. The summed E-state index contributed by atoms with van der Waals surface area (Å²) >= 11 is 0. The molecule has 0 aliphatic heterocycles. The van der Waals surface area contributed by atoms with E-state index in [0.29, 0.717) is 5.69 Å². The molecule has 1 aromatic heterocycles. The van der Waals surface area contributed by atoms with Crippen LogP contribution in [-0.4, -0.2) is 27.8 Å². The predicted molar refractivity (Wildman–Crippen MR) is 99.8 cm³/mol. The van der Waals surface area contributed by atoms with E-state index in [-0.39, 0.29) is 6.61 Å². The van der Waals surface area contributed by atoms with Crippen LogP contribution >= 0.6 is 0 Å². The minimum absolute atomic E-state index is 0.245. The van der Waals surface area contributed by atoms with E-state index in [1.807, 2.05) is 12.1 Å². The molecule has 1 aromatic rings. The summed E-state index contributed by atoms with van der Waals surface area (Å²) in [6, 6.07) is 4.99. The minimum atomic E-state index is -0.900. The zero-order valence-electron chi connectivity index (χ0n) is 15.3. The first kappa shape index (κ1) is 21.1. The van der Waals surface area contributed by atoms with Crippen LogP contribution in [0.25, 0.3) is 0 Å². The molecule has 4 heteroatoms. The van der Waals surface area contributed by atoms with Crippen LogP contribution in [0.2, 0.25) is 0 Å². The molecule has 0 aliphatic rings. The predicted octanol–water partition coefficient (Wildman–Crippen LogP) is 3.90. The highest BCUT2D eigenvalue weighted by Crippen LogP contribution is 2.15. The van der Waals surface area contributed by atoms with E-state index < -0.39 is 12.1 Å². The monoisotopic (exact) mass is 336 g/mol. The average Bonchev–Trinajstić information content (AvgIpc) is 2.62. The molecule has 0 radical (unpaired) electrons. The number of unbranched alkanes of at least 4 members (excludes halogenated alkanes) is 9. The fourth-order valence-electron chi connectivity index (χ4n) is 2.91. The quantitative estimate of drug-likeness (QED) is 0.450. The molecule has 0 unspecified atom stereocenters. The third kappa shape index (κ3) is 8.76. The topological polar surface area (TPSA) is 79.4 Å². The first-order valence-electron chi connectivity index (χ1n) is 9.69. The van der Waals surface area contributed by atoms with Crippen molar-refractivity contribution in [1.82, 2.24) is 4.98 Å². The van der Waals surface area contributed by atoms with Crippen LogP contribution in [0.5, 0.6) is 0 Å². The molecule has 0 saturated heterocycles. The molecule has 2 atom stereocenters. The second-order valence-electron chi connectivity index (χ2n) is 6.78. The number of rotatable bonds is 14. The maximum absolute atomic E-state index is 10.0. The first-order valence-corrected chi connectivity index (χ1v) is 9.69. The Labute approximate surface area is 147 Å². The van der Waals surface area contributed by atoms with Crippen molar-refractivity contribution in [3.8, 4) is 0 Å². The van der Waals surface area contributed by atoms with Crippen molar-refractivity contribution < 1.29 is 10.2 Å². The Morgan fingerprint density at radius 2 is 1.54 bits per heavy atom. The number of hydrogen-bond acceptors (Lipinski definition) is 4. The lowest BCUT2D eigenvalue weighted by atomic mass is 10.0. The molecule has 0 bridgehead atoms. The van der Waals surface area contributed by atoms with Gasteiger partial charge < -0.3 is 15.9 Å². The van der Waals surface area contributed by atoms with E-state index in [1.165, 1.54) is 57.8 Å². The number of aryl methyl sites for hydroxylation is 1. The van der Waals surface area contributed by atoms with Gasteiger partial charge in [0.2, 0.25) is 0 Å². The van der Waals surface area contributed by atoms with Gasteiger partial charge in [-0.15, -0.1) is 0 Å². The standard InChI is InChI=1S/C20H36N2O2/c1-2-3-4-5-6-7-8-9-10-11-13-17-14-12-15-19(22-17)20(24)18(21)16-23/h12,14-15,18,20,23-24H,2-11,13,16,21H2,1H3/t18-,20-/m0/s1. The fraction of sp³-hybridized carbons (Fsp3) is 0.750. The summed E-state index contributed by atoms with van der Waals surface area (Å²) in [4.78, 5) is 4.48. The Kier molecular flexibility index (Phi) is 11.7. The van der Waals surface area contributed by atoms with Crippen LogP contribution in [0.3, 0.4) is 0 Å². The molecule has 0 spiro atoms. The highest BCUT2D eigenvalue weighted by molar-refractivity contribution is 5.14. The molecule has 1 rings (SSSR count). The van der Waals surface area contributed by atoms with Crippen LogP contribution in [0.15, 0.2) is 18.2 Å². The number of nitrogens with zero attached hydrogens (tertiary/aromatic N) is 1. The average molecular weight is 337 g/mol. The molecule has 0 saturated carbocycles. The smallest absolute Gasteiger partial charge is 0.113 e. The summed E-state index contributed by atoms with van der Waals surface area (Å²) in [5.74, 6) is 0. The van der Waals surface area contributed by atoms with Crippen molar-refractivity contribution in [3.63, 3.8) is 0 Å². The number of hydrogen-bond donors (Lipinski definition) is 3. The molecule has 24 heavy (non-hydrogen) atoms. The van der Waals surface area contributed by atoms with Crippen LogP contribution in [0.1, 0.15) is 88.6 Å². The van der Waals surface area contributed by atoms with Gasteiger partial charge in [-0.25, -0.2) is 0 Å². The van der Waals surface area contributed by atoms with Gasteiger partial charge in [-0.2, -0.15) is 0 Å². The lowest BCUT2D eigenvalue weighted by molar-refractivity contribution is 0.106. The minimum Gasteiger partial charge on any atom is -0.395 e. The molecular weight excluding hydrogens is 300 g/mol. The third-order valence-corrected chi connectivity index (χ3v) is 4.53. The van der Waals surface area contributed by atoms with E-state index >= 15 is 0 Å². The number of aliphatic hydroxyl groups is 2. The number of aliphatic hydroxyl groups excluding tert-OH is 2. The van der Waals surface area contributed by atoms with E-state index in [2.05, 4.69) is 11.9 Å². The number of pyridine rings is 1. The van der Waals surface area contributed by atoms with Crippen molar-refractivity contribution in [1.29, 1.82) is 0 Å². The lowest BCUT2D eigenvalue weighted by Gasteiger charge is -2.16. The third-order valence-electron chi connectivity index (χ3n) is 4.53. The zero-order valence-corrected chi connectivity index (χ0v) is 15.3. The van der Waals surface area contributed by atoms with Crippen molar-refractivity contribution in [2.24, 2.45) is 5.73 Å². The van der Waals surface area contributed by atoms with Gasteiger partial charge in [0.1, 0.15) is 6.10 Å². The summed E-state index contributed by atoms with van der Waals surface area (Å²) in [5.41, 5.74) is 7.22. The van der Waals surface area contributed by atoms with Gasteiger partial charge in [-0.1, -0.05) is 70.8 Å². The molecule has 0 aliphatic carbocycles. The van der Waals surface area contributed by atoms with Gasteiger partial charge in [0.25, 0.3) is 0 Å². The second kappa shape index (κ2) is 13.3. The summed E-state index contributed by atoms with van der Waals surface area (Å²) in [7, 11) is 0. The SMILES string of the molecule is CCCCCCCCCCCCc1cccc([C@@H](O)[C@@H](N)CO)n1. The Morgan fingerprint density at radius 1 is 0.958 bits per heavy atom. The largest absolute Gasteiger partial charge is 0.395 e. The van der Waals surface area contributed by atoms with Crippen molar-refractivity contribution in [2.75, 3.05) is 6.61 Å². The van der Waals surface area contributed by atoms with Crippen LogP contribution in [0.4, 0.5) is 0 Å². The van der Waals surface area contributed by atoms with Crippen LogP contribution in [-0.2, 0) is 6.42 Å². The maximum Gasteiger partial charge on any atom is 0.113 e. The van der Waals surface area contributed by atoms with Crippen LogP contribution in [0, 0.1) is 0 Å². The molecule has 0 amide bonds. The molecule has 4 nitrogen and oxygen atoms in total. The van der Waals surface area contributed by atoms with Gasteiger partial charge in [0.05, 0.1) is 18.3 Å². The maximum atomic E-state index is 10.0. The zero-order chi connectivity index (χ0) is 17.6. The molecular formula is C20H36N2O2. The van der Waals surface area contributed by atoms with Gasteiger partial charge in [-0.05, 0) is 25.0 Å². The van der Waals surface area contributed by atoms with E-state index in [9.17, 15) is 5.11 Å². The fourth-order valence-corrected chi connectivity index (χ4v) is 2.91. The highest BCUT2D eigenvalue weighted by atomic mass is 16.3. The molecule has 1 heterocycles. The van der Waals surface area contributed by atoms with E-state index in [4.69, 9.17) is 10.8 Å². The summed E-state index contributed by atoms with van der Waals surface area (Å²) in [5, 5.41) is 19.0. The molecule has 0 fully saturated rings. The van der Waals surface area contributed by atoms with Gasteiger partial charge in [0.15, 0.2) is 0 Å². The van der Waals surface area contributed by atoms with Gasteiger partial charge >= 0.3 is 0 Å². The van der Waals surface area contributed by atoms with E-state index in [0.717, 1.165) is 18.5 Å². The number of nitrogens with two attached hydrogens (primary N) is 1. The Bertz CT molecular complexity index is 426. The molecule has 4 N–H and O–H groups in total. The molecule has 0 aromatic carbocycles. The molecule has 138 valence electrons. The Balaban J connectivity index is 2.15. The first-order chi connectivity index (χ1) is 11.7. The summed E-state index contributed by atoms with van der Waals surface area (Å²) in [6.45, 7) is 2.01. The normalized spacial score (nSPS) is 13.8. The highest BCUT2D eigenvalue weighted by Gasteiger charge is 2.17. The van der Waals surface area contributed by atoms with Crippen molar-refractivity contribution in [2.45, 2.75) is 89.7 Å². The summed E-state index contributed by atoms with van der Waals surface area (Å²) < 4.78 is 0.